The highest BCUT2D eigenvalue weighted by Crippen LogP contribution is 2.29. The highest BCUT2D eigenvalue weighted by molar-refractivity contribution is 5.94. The summed E-state index contributed by atoms with van der Waals surface area (Å²) in [7, 11) is 0. The minimum absolute atomic E-state index is 0.0383. The first-order valence-corrected chi connectivity index (χ1v) is 9.05. The number of esters is 1. The Labute approximate surface area is 154 Å². The van der Waals surface area contributed by atoms with Gasteiger partial charge in [0.05, 0.1) is 0 Å². The molecule has 1 amide bonds. The van der Waals surface area contributed by atoms with E-state index in [1.165, 1.54) is 13.3 Å². The van der Waals surface area contributed by atoms with Gasteiger partial charge in [-0.1, -0.05) is 26.7 Å². The maximum Gasteiger partial charge on any atom is 0.344 e. The maximum absolute atomic E-state index is 12.0. The smallest absolute Gasteiger partial charge is 0.344 e. The van der Waals surface area contributed by atoms with Crippen LogP contribution in [-0.2, 0) is 14.3 Å². The van der Waals surface area contributed by atoms with Crippen LogP contribution in [0, 0.1) is 11.8 Å². The van der Waals surface area contributed by atoms with Gasteiger partial charge in [-0.25, -0.2) is 4.79 Å². The number of nitrogens with one attached hydrogen (secondary N) is 1. The SMILES string of the molecule is CC(=O)c1ccc(OCC(=O)OCC(=O)N[C@H]2CCC[C@H](C)[C@H]2C)cc1. The van der Waals surface area contributed by atoms with E-state index in [1.807, 2.05) is 0 Å². The number of benzene rings is 1. The lowest BCUT2D eigenvalue weighted by atomic mass is 9.78. The van der Waals surface area contributed by atoms with E-state index in [-0.39, 0.29) is 30.9 Å². The van der Waals surface area contributed by atoms with Crippen molar-refractivity contribution in [2.45, 2.75) is 46.1 Å². The normalized spacial score (nSPS) is 22.3. The summed E-state index contributed by atoms with van der Waals surface area (Å²) in [5.74, 6) is 0.533. The van der Waals surface area contributed by atoms with E-state index in [1.54, 1.807) is 24.3 Å². The first-order chi connectivity index (χ1) is 12.4. The summed E-state index contributed by atoms with van der Waals surface area (Å²) in [6, 6.07) is 6.62. The van der Waals surface area contributed by atoms with Crippen molar-refractivity contribution in [3.05, 3.63) is 29.8 Å². The van der Waals surface area contributed by atoms with E-state index in [2.05, 4.69) is 19.2 Å². The maximum atomic E-state index is 12.0. The van der Waals surface area contributed by atoms with Crippen molar-refractivity contribution < 1.29 is 23.9 Å². The van der Waals surface area contributed by atoms with Crippen molar-refractivity contribution in [3.8, 4) is 5.75 Å². The number of ketones is 1. The Morgan fingerprint density at radius 3 is 2.42 bits per heavy atom. The van der Waals surface area contributed by atoms with Gasteiger partial charge in [0.15, 0.2) is 19.0 Å². The monoisotopic (exact) mass is 361 g/mol. The average Bonchev–Trinajstić information content (AvgIpc) is 2.62. The molecule has 26 heavy (non-hydrogen) atoms. The number of hydrogen-bond donors (Lipinski definition) is 1. The minimum Gasteiger partial charge on any atom is -0.482 e. The van der Waals surface area contributed by atoms with E-state index in [0.29, 0.717) is 23.1 Å². The lowest BCUT2D eigenvalue weighted by Gasteiger charge is -2.34. The second-order valence-electron chi connectivity index (χ2n) is 6.97. The largest absolute Gasteiger partial charge is 0.482 e. The van der Waals surface area contributed by atoms with Crippen LogP contribution in [0.4, 0.5) is 0 Å². The molecule has 6 heteroatoms. The molecule has 1 aromatic rings. The van der Waals surface area contributed by atoms with Crippen molar-refractivity contribution >= 4 is 17.7 Å². The highest BCUT2D eigenvalue weighted by atomic mass is 16.6. The van der Waals surface area contributed by atoms with Crippen molar-refractivity contribution in [3.63, 3.8) is 0 Å². The molecular weight excluding hydrogens is 334 g/mol. The first-order valence-electron chi connectivity index (χ1n) is 9.05. The Bertz CT molecular complexity index is 640. The molecule has 0 spiro atoms. The van der Waals surface area contributed by atoms with Crippen molar-refractivity contribution in [2.24, 2.45) is 11.8 Å². The Kier molecular flexibility index (Phi) is 7.18. The van der Waals surface area contributed by atoms with Gasteiger partial charge in [-0.15, -0.1) is 0 Å². The number of hydrogen-bond acceptors (Lipinski definition) is 5. The van der Waals surface area contributed by atoms with Crippen molar-refractivity contribution in [1.82, 2.24) is 5.32 Å². The fourth-order valence-electron chi connectivity index (χ4n) is 3.15. The summed E-state index contributed by atoms with van der Waals surface area (Å²) in [5.41, 5.74) is 0.572. The lowest BCUT2D eigenvalue weighted by Crippen LogP contribution is -2.45. The Balaban J connectivity index is 1.69. The van der Waals surface area contributed by atoms with Crippen LogP contribution in [0.3, 0.4) is 0 Å². The topological polar surface area (TPSA) is 81.7 Å². The molecule has 1 saturated carbocycles. The van der Waals surface area contributed by atoms with Crippen LogP contribution >= 0.6 is 0 Å². The number of amides is 1. The molecule has 142 valence electrons. The molecule has 0 aromatic heterocycles. The quantitative estimate of drug-likeness (QED) is 0.596. The summed E-state index contributed by atoms with van der Waals surface area (Å²) >= 11 is 0. The predicted octanol–water partition coefficient (Wildman–Crippen LogP) is 2.75. The lowest BCUT2D eigenvalue weighted by molar-refractivity contribution is -0.150. The standard InChI is InChI=1S/C20H27NO5/c1-13-5-4-6-18(14(13)2)21-19(23)11-26-20(24)12-25-17-9-7-16(8-10-17)15(3)22/h7-10,13-14,18H,4-6,11-12H2,1-3H3,(H,21,23)/t13-,14+,18-/m0/s1. The number of rotatable bonds is 7. The zero-order valence-electron chi connectivity index (χ0n) is 15.6. The molecule has 1 N–H and O–H groups in total. The molecule has 0 radical (unpaired) electrons. The van der Waals surface area contributed by atoms with Crippen LogP contribution < -0.4 is 10.1 Å². The van der Waals surface area contributed by atoms with Gasteiger partial charge in [0, 0.05) is 11.6 Å². The Hall–Kier alpha value is -2.37. The van der Waals surface area contributed by atoms with Gasteiger partial charge in [0.25, 0.3) is 5.91 Å². The Morgan fingerprint density at radius 2 is 1.77 bits per heavy atom. The van der Waals surface area contributed by atoms with E-state index in [0.717, 1.165) is 12.8 Å². The molecule has 3 atom stereocenters. The molecule has 0 saturated heterocycles. The summed E-state index contributed by atoms with van der Waals surface area (Å²) in [6.45, 7) is 5.23. The van der Waals surface area contributed by atoms with Crippen LogP contribution in [0.2, 0.25) is 0 Å². The molecule has 0 unspecified atom stereocenters. The van der Waals surface area contributed by atoms with E-state index >= 15 is 0 Å². The third kappa shape index (κ3) is 5.86. The second kappa shape index (κ2) is 9.36. The first kappa shape index (κ1) is 19.9. The van der Waals surface area contributed by atoms with Gasteiger partial charge in [-0.2, -0.15) is 0 Å². The molecule has 6 nitrogen and oxygen atoms in total. The fourth-order valence-corrected chi connectivity index (χ4v) is 3.15. The third-order valence-electron chi connectivity index (χ3n) is 5.04. The Morgan fingerprint density at radius 1 is 1.08 bits per heavy atom. The zero-order valence-corrected chi connectivity index (χ0v) is 15.6. The number of carbonyl (C=O) groups is 3. The van der Waals surface area contributed by atoms with Crippen molar-refractivity contribution in [2.75, 3.05) is 13.2 Å². The van der Waals surface area contributed by atoms with Crippen LogP contribution in [0.5, 0.6) is 5.75 Å². The van der Waals surface area contributed by atoms with E-state index in [9.17, 15) is 14.4 Å². The molecular formula is C20H27NO5. The van der Waals surface area contributed by atoms with Gasteiger partial charge < -0.3 is 14.8 Å². The summed E-state index contributed by atoms with van der Waals surface area (Å²) in [4.78, 5) is 34.9. The van der Waals surface area contributed by atoms with E-state index in [4.69, 9.17) is 9.47 Å². The molecule has 0 aliphatic heterocycles. The predicted molar refractivity (Wildman–Crippen MR) is 97.0 cm³/mol. The van der Waals surface area contributed by atoms with Crippen LogP contribution in [0.25, 0.3) is 0 Å². The van der Waals surface area contributed by atoms with Gasteiger partial charge in [0.2, 0.25) is 0 Å². The zero-order chi connectivity index (χ0) is 19.1. The molecule has 1 aliphatic rings. The van der Waals surface area contributed by atoms with E-state index < -0.39 is 5.97 Å². The molecule has 2 rings (SSSR count). The van der Waals surface area contributed by atoms with Gasteiger partial charge in [-0.05, 0) is 49.4 Å². The second-order valence-corrected chi connectivity index (χ2v) is 6.97. The van der Waals surface area contributed by atoms with Crippen LogP contribution in [0.1, 0.15) is 50.4 Å². The third-order valence-corrected chi connectivity index (χ3v) is 5.04. The highest BCUT2D eigenvalue weighted by Gasteiger charge is 2.28. The number of carbonyl (C=O) groups excluding carboxylic acids is 3. The van der Waals surface area contributed by atoms with Gasteiger partial charge >= 0.3 is 5.97 Å². The molecule has 1 fully saturated rings. The summed E-state index contributed by atoms with van der Waals surface area (Å²) in [6.07, 6.45) is 3.25. The molecule has 0 heterocycles. The molecule has 0 bridgehead atoms. The fraction of sp³-hybridized carbons (Fsp3) is 0.550. The van der Waals surface area contributed by atoms with Crippen LogP contribution in [0.15, 0.2) is 24.3 Å². The average molecular weight is 361 g/mol. The van der Waals surface area contributed by atoms with Gasteiger partial charge in [-0.3, -0.25) is 9.59 Å². The molecule has 1 aromatic carbocycles. The summed E-state index contributed by atoms with van der Waals surface area (Å²) in [5, 5.41) is 2.96. The van der Waals surface area contributed by atoms with Gasteiger partial charge in [0.1, 0.15) is 5.75 Å². The van der Waals surface area contributed by atoms with Crippen molar-refractivity contribution in [1.29, 1.82) is 0 Å². The number of ether oxygens (including phenoxy) is 2. The van der Waals surface area contributed by atoms with Crippen LogP contribution in [-0.4, -0.2) is 36.9 Å². The summed E-state index contributed by atoms with van der Waals surface area (Å²) < 4.78 is 10.3. The molecule has 1 aliphatic carbocycles. The minimum atomic E-state index is -0.610. The number of Topliss-reactive ketones (excluding diaryl/α,β-unsaturated/α-hetero) is 1.